The Morgan fingerprint density at radius 3 is 2.87 bits per heavy atom. The molecule has 1 aliphatic rings. The minimum Gasteiger partial charge on any atom is -0.461 e. The molecule has 0 N–H and O–H groups in total. The highest BCUT2D eigenvalue weighted by atomic mass is 16.3. The molecule has 1 heterocycles. The number of aryl methyl sites for hydroxylation is 3. The molecule has 0 saturated heterocycles. The summed E-state index contributed by atoms with van der Waals surface area (Å²) in [5, 5.41) is 0. The van der Waals surface area contributed by atoms with Crippen LogP contribution >= 0.6 is 0 Å². The zero-order valence-electron chi connectivity index (χ0n) is 8.92. The molecule has 0 aliphatic heterocycles. The van der Waals surface area contributed by atoms with Crippen molar-refractivity contribution in [1.82, 2.24) is 0 Å². The predicted molar refractivity (Wildman–Crippen MR) is 60.9 cm³/mol. The first-order valence-electron chi connectivity index (χ1n) is 5.51. The quantitative estimate of drug-likeness (QED) is 0.680. The molecule has 0 amide bonds. The van der Waals surface area contributed by atoms with Crippen LogP contribution in [0.5, 0.6) is 0 Å². The Balaban J connectivity index is 2.06. The number of furan rings is 1. The average Bonchev–Trinajstić information content (AvgIpc) is 2.76. The van der Waals surface area contributed by atoms with E-state index in [9.17, 15) is 0 Å². The molecule has 1 aliphatic carbocycles. The zero-order chi connectivity index (χ0) is 10.3. The molecular formula is C14H14O. The third-order valence-corrected chi connectivity index (χ3v) is 3.05. The van der Waals surface area contributed by atoms with Crippen molar-refractivity contribution in [2.75, 3.05) is 0 Å². The molecule has 0 atom stereocenters. The van der Waals surface area contributed by atoms with Crippen molar-refractivity contribution in [3.8, 4) is 11.3 Å². The molecular weight excluding hydrogens is 184 g/mol. The fraction of sp³-hybridized carbons (Fsp3) is 0.286. The molecule has 15 heavy (non-hydrogen) atoms. The van der Waals surface area contributed by atoms with Gasteiger partial charge in [-0.15, -0.1) is 0 Å². The Labute approximate surface area is 89.7 Å². The van der Waals surface area contributed by atoms with E-state index >= 15 is 0 Å². The van der Waals surface area contributed by atoms with Gasteiger partial charge in [-0.1, -0.05) is 23.8 Å². The van der Waals surface area contributed by atoms with Crippen molar-refractivity contribution < 1.29 is 4.42 Å². The fourth-order valence-electron chi connectivity index (χ4n) is 2.27. The van der Waals surface area contributed by atoms with Gasteiger partial charge in [0.15, 0.2) is 0 Å². The summed E-state index contributed by atoms with van der Waals surface area (Å²) in [4.78, 5) is 0. The highest BCUT2D eigenvalue weighted by Crippen LogP contribution is 2.31. The van der Waals surface area contributed by atoms with E-state index in [0.29, 0.717) is 0 Å². The van der Waals surface area contributed by atoms with Crippen molar-refractivity contribution in [2.24, 2.45) is 0 Å². The molecule has 0 bridgehead atoms. The van der Waals surface area contributed by atoms with Crippen LogP contribution in [0.25, 0.3) is 11.3 Å². The van der Waals surface area contributed by atoms with Gasteiger partial charge < -0.3 is 4.42 Å². The second-order valence-electron chi connectivity index (χ2n) is 4.28. The Morgan fingerprint density at radius 2 is 2.07 bits per heavy atom. The Morgan fingerprint density at radius 1 is 1.13 bits per heavy atom. The first-order valence-corrected chi connectivity index (χ1v) is 5.51. The van der Waals surface area contributed by atoms with Gasteiger partial charge in [0.1, 0.15) is 11.5 Å². The van der Waals surface area contributed by atoms with Crippen molar-refractivity contribution in [1.29, 1.82) is 0 Å². The van der Waals surface area contributed by atoms with E-state index in [-0.39, 0.29) is 0 Å². The molecule has 2 aromatic rings. The van der Waals surface area contributed by atoms with Crippen molar-refractivity contribution in [2.45, 2.75) is 26.2 Å². The Kier molecular flexibility index (Phi) is 1.91. The van der Waals surface area contributed by atoms with E-state index in [1.807, 2.05) is 0 Å². The highest BCUT2D eigenvalue weighted by Gasteiger charge is 2.17. The molecule has 0 spiro atoms. The third kappa shape index (κ3) is 1.48. The Hall–Kier alpha value is -1.50. The molecule has 0 unspecified atom stereocenters. The second kappa shape index (κ2) is 3.27. The number of hydrogen-bond donors (Lipinski definition) is 0. The summed E-state index contributed by atoms with van der Waals surface area (Å²) in [6.07, 6.45) is 3.55. The summed E-state index contributed by atoms with van der Waals surface area (Å²) in [6, 6.07) is 10.7. The smallest absolute Gasteiger partial charge is 0.134 e. The lowest BCUT2D eigenvalue weighted by Gasteiger charge is -1.98. The minimum absolute atomic E-state index is 1.03. The summed E-state index contributed by atoms with van der Waals surface area (Å²) in [5.41, 5.74) is 3.89. The molecule has 1 heteroatoms. The van der Waals surface area contributed by atoms with E-state index in [1.165, 1.54) is 35.3 Å². The largest absolute Gasteiger partial charge is 0.461 e. The third-order valence-electron chi connectivity index (χ3n) is 3.05. The van der Waals surface area contributed by atoms with E-state index in [0.717, 1.165) is 12.2 Å². The van der Waals surface area contributed by atoms with Crippen molar-refractivity contribution >= 4 is 0 Å². The minimum atomic E-state index is 1.03. The summed E-state index contributed by atoms with van der Waals surface area (Å²) in [7, 11) is 0. The van der Waals surface area contributed by atoms with E-state index in [4.69, 9.17) is 4.42 Å². The van der Waals surface area contributed by atoms with Crippen LogP contribution in [0.15, 0.2) is 34.7 Å². The monoisotopic (exact) mass is 198 g/mol. The average molecular weight is 198 g/mol. The van der Waals surface area contributed by atoms with Crippen molar-refractivity contribution in [3.63, 3.8) is 0 Å². The van der Waals surface area contributed by atoms with E-state index in [1.54, 1.807) is 0 Å². The topological polar surface area (TPSA) is 13.1 Å². The summed E-state index contributed by atoms with van der Waals surface area (Å²) in [6.45, 7) is 2.11. The molecule has 1 aromatic carbocycles. The van der Waals surface area contributed by atoms with Gasteiger partial charge in [-0.05, 0) is 37.5 Å². The first kappa shape index (κ1) is 8.78. The van der Waals surface area contributed by atoms with Crippen LogP contribution in [0.1, 0.15) is 23.3 Å². The van der Waals surface area contributed by atoms with Gasteiger partial charge in [0.05, 0.1) is 0 Å². The standard InChI is InChI=1S/C14H14O/c1-10-4-2-5-11(8-10)14-9-12-6-3-7-13(12)15-14/h2,4-5,8-9H,3,6-7H2,1H3. The molecule has 1 nitrogen and oxygen atoms in total. The maximum Gasteiger partial charge on any atom is 0.134 e. The SMILES string of the molecule is Cc1cccc(-c2cc3c(o2)CCC3)c1. The summed E-state index contributed by atoms with van der Waals surface area (Å²) < 4.78 is 5.87. The van der Waals surface area contributed by atoms with Gasteiger partial charge in [0.25, 0.3) is 0 Å². The van der Waals surface area contributed by atoms with Gasteiger partial charge in [-0.2, -0.15) is 0 Å². The van der Waals surface area contributed by atoms with Crippen LogP contribution in [0, 0.1) is 6.92 Å². The van der Waals surface area contributed by atoms with Gasteiger partial charge in [0, 0.05) is 12.0 Å². The van der Waals surface area contributed by atoms with Crippen LogP contribution in [-0.4, -0.2) is 0 Å². The predicted octanol–water partition coefficient (Wildman–Crippen LogP) is 3.74. The number of hydrogen-bond acceptors (Lipinski definition) is 1. The number of benzene rings is 1. The summed E-state index contributed by atoms with van der Waals surface area (Å²) in [5.74, 6) is 2.23. The van der Waals surface area contributed by atoms with E-state index in [2.05, 4.69) is 37.3 Å². The van der Waals surface area contributed by atoms with Gasteiger partial charge in [0.2, 0.25) is 0 Å². The van der Waals surface area contributed by atoms with Crippen LogP contribution in [-0.2, 0) is 12.8 Å². The van der Waals surface area contributed by atoms with Gasteiger partial charge in [-0.3, -0.25) is 0 Å². The van der Waals surface area contributed by atoms with Crippen molar-refractivity contribution in [3.05, 3.63) is 47.2 Å². The molecule has 0 saturated carbocycles. The molecule has 0 fully saturated rings. The fourth-order valence-corrected chi connectivity index (χ4v) is 2.27. The number of rotatable bonds is 1. The normalized spacial score (nSPS) is 14.2. The Bertz CT molecular complexity index is 472. The molecule has 3 rings (SSSR count). The van der Waals surface area contributed by atoms with Gasteiger partial charge in [-0.25, -0.2) is 0 Å². The molecule has 76 valence electrons. The summed E-state index contributed by atoms with van der Waals surface area (Å²) >= 11 is 0. The molecule has 0 radical (unpaired) electrons. The maximum absolute atomic E-state index is 5.87. The highest BCUT2D eigenvalue weighted by molar-refractivity contribution is 5.60. The zero-order valence-corrected chi connectivity index (χ0v) is 8.92. The van der Waals surface area contributed by atoms with E-state index < -0.39 is 0 Å². The lowest BCUT2D eigenvalue weighted by atomic mass is 10.1. The van der Waals surface area contributed by atoms with Gasteiger partial charge >= 0.3 is 0 Å². The van der Waals surface area contributed by atoms with Crippen LogP contribution < -0.4 is 0 Å². The maximum atomic E-state index is 5.87. The van der Waals surface area contributed by atoms with Crippen LogP contribution in [0.2, 0.25) is 0 Å². The lowest BCUT2D eigenvalue weighted by molar-refractivity contribution is 0.529. The van der Waals surface area contributed by atoms with Crippen LogP contribution in [0.3, 0.4) is 0 Å². The second-order valence-corrected chi connectivity index (χ2v) is 4.28. The molecule has 1 aromatic heterocycles. The van der Waals surface area contributed by atoms with Crippen LogP contribution in [0.4, 0.5) is 0 Å². The number of fused-ring (bicyclic) bond motifs is 1. The lowest BCUT2D eigenvalue weighted by Crippen LogP contribution is -1.77. The first-order chi connectivity index (χ1) is 7.33.